The third kappa shape index (κ3) is 2.19. The third-order valence-electron chi connectivity index (χ3n) is 1.58. The van der Waals surface area contributed by atoms with Crippen molar-refractivity contribution >= 4 is 15.9 Å². The quantitative estimate of drug-likeness (QED) is 0.787. The number of hydrogen-bond acceptors (Lipinski definition) is 2. The molecule has 0 bridgehead atoms. The summed E-state index contributed by atoms with van der Waals surface area (Å²) in [6.45, 7) is 1.28. The molecule has 0 fully saturated rings. The molecule has 0 radical (unpaired) electrons. The molecule has 4 heteroatoms. The maximum absolute atomic E-state index is 11.2. The van der Waals surface area contributed by atoms with Crippen LogP contribution < -0.4 is 11.3 Å². The predicted octanol–water partition coefficient (Wildman–Crippen LogP) is 0.960. The van der Waals surface area contributed by atoms with Gasteiger partial charge in [0.1, 0.15) is 0 Å². The van der Waals surface area contributed by atoms with Crippen molar-refractivity contribution in [2.45, 2.75) is 13.0 Å². The van der Waals surface area contributed by atoms with Gasteiger partial charge in [0.15, 0.2) is 0 Å². The van der Waals surface area contributed by atoms with Crippen molar-refractivity contribution in [2.24, 2.45) is 5.73 Å². The van der Waals surface area contributed by atoms with Gasteiger partial charge in [-0.15, -0.1) is 0 Å². The lowest BCUT2D eigenvalue weighted by Gasteiger charge is -2.05. The second kappa shape index (κ2) is 4.42. The van der Waals surface area contributed by atoms with Crippen molar-refractivity contribution < 1.29 is 0 Å². The van der Waals surface area contributed by atoms with Crippen molar-refractivity contribution in [3.63, 3.8) is 0 Å². The van der Waals surface area contributed by atoms with Crippen LogP contribution in [0.5, 0.6) is 0 Å². The number of halogens is 1. The van der Waals surface area contributed by atoms with E-state index in [0.29, 0.717) is 13.1 Å². The van der Waals surface area contributed by atoms with Crippen LogP contribution in [0.3, 0.4) is 0 Å². The van der Waals surface area contributed by atoms with Crippen molar-refractivity contribution in [2.75, 3.05) is 6.54 Å². The van der Waals surface area contributed by atoms with Gasteiger partial charge in [-0.1, -0.05) is 6.07 Å². The lowest BCUT2D eigenvalue weighted by molar-refractivity contribution is 0.618. The summed E-state index contributed by atoms with van der Waals surface area (Å²) in [5, 5.41) is 0. The van der Waals surface area contributed by atoms with Crippen molar-refractivity contribution in [1.82, 2.24) is 4.57 Å². The number of hydrogen-bond donors (Lipinski definition) is 1. The van der Waals surface area contributed by atoms with Crippen LogP contribution in [0, 0.1) is 0 Å². The molecule has 2 N–H and O–H groups in total. The number of rotatable bonds is 3. The lowest BCUT2D eigenvalue weighted by Crippen LogP contribution is -2.20. The molecule has 1 heterocycles. The molecule has 0 atom stereocenters. The Balaban J connectivity index is 2.89. The van der Waals surface area contributed by atoms with Crippen LogP contribution >= 0.6 is 15.9 Å². The molecule has 66 valence electrons. The summed E-state index contributed by atoms with van der Waals surface area (Å²) in [5.41, 5.74) is 5.36. The Labute approximate surface area is 79.3 Å². The van der Waals surface area contributed by atoms with Gasteiger partial charge in [-0.25, -0.2) is 0 Å². The van der Waals surface area contributed by atoms with E-state index in [-0.39, 0.29) is 5.56 Å². The molecule has 0 amide bonds. The highest BCUT2D eigenvalue weighted by molar-refractivity contribution is 9.10. The maximum Gasteiger partial charge on any atom is 0.251 e. The minimum atomic E-state index is 0.0119. The van der Waals surface area contributed by atoms with Crippen LogP contribution in [-0.2, 0) is 6.54 Å². The van der Waals surface area contributed by atoms with E-state index in [1.165, 1.54) is 0 Å². The SMILES string of the molecule is NCCCn1c(Br)cccc1=O. The van der Waals surface area contributed by atoms with Crippen LogP contribution in [0.2, 0.25) is 0 Å². The fourth-order valence-corrected chi connectivity index (χ4v) is 1.47. The van der Waals surface area contributed by atoms with Gasteiger partial charge in [0, 0.05) is 12.6 Å². The van der Waals surface area contributed by atoms with E-state index in [1.807, 2.05) is 6.07 Å². The number of pyridine rings is 1. The standard InChI is InChI=1S/C8H11BrN2O/c9-7-3-1-4-8(12)11(7)6-2-5-10/h1,3-4H,2,5-6,10H2. The Bertz CT molecular complexity index is 308. The average Bonchev–Trinajstić information content (AvgIpc) is 2.04. The molecular formula is C8H11BrN2O. The van der Waals surface area contributed by atoms with E-state index in [1.54, 1.807) is 16.7 Å². The fourth-order valence-electron chi connectivity index (χ4n) is 0.961. The predicted molar refractivity (Wildman–Crippen MR) is 52.1 cm³/mol. The summed E-state index contributed by atoms with van der Waals surface area (Å²) in [6, 6.07) is 5.12. The summed E-state index contributed by atoms with van der Waals surface area (Å²) in [6.07, 6.45) is 0.822. The van der Waals surface area contributed by atoms with Gasteiger partial charge >= 0.3 is 0 Å². The Hall–Kier alpha value is -0.610. The van der Waals surface area contributed by atoms with E-state index in [4.69, 9.17) is 5.73 Å². The van der Waals surface area contributed by atoms with Gasteiger partial charge in [0.25, 0.3) is 5.56 Å². The largest absolute Gasteiger partial charge is 0.330 e. The molecule has 0 aliphatic carbocycles. The summed E-state index contributed by atoms with van der Waals surface area (Å²) in [5.74, 6) is 0. The summed E-state index contributed by atoms with van der Waals surface area (Å²) in [4.78, 5) is 11.2. The molecular weight excluding hydrogens is 220 g/mol. The molecule has 3 nitrogen and oxygen atoms in total. The summed E-state index contributed by atoms with van der Waals surface area (Å²) < 4.78 is 2.47. The number of nitrogens with zero attached hydrogens (tertiary/aromatic N) is 1. The Morgan fingerprint density at radius 3 is 2.83 bits per heavy atom. The van der Waals surface area contributed by atoms with E-state index in [0.717, 1.165) is 11.0 Å². The molecule has 1 aromatic heterocycles. The van der Waals surface area contributed by atoms with Gasteiger partial charge in [0.05, 0.1) is 4.60 Å². The second-order valence-corrected chi connectivity index (χ2v) is 3.29. The van der Waals surface area contributed by atoms with Gasteiger partial charge in [-0.3, -0.25) is 4.79 Å². The summed E-state index contributed by atoms with van der Waals surface area (Å²) >= 11 is 3.30. The molecule has 0 aliphatic heterocycles. The molecule has 0 unspecified atom stereocenters. The highest BCUT2D eigenvalue weighted by Gasteiger charge is 1.97. The van der Waals surface area contributed by atoms with Gasteiger partial charge in [0.2, 0.25) is 0 Å². The Morgan fingerprint density at radius 2 is 2.25 bits per heavy atom. The van der Waals surface area contributed by atoms with Crippen LogP contribution in [0.4, 0.5) is 0 Å². The molecule has 1 aromatic rings. The highest BCUT2D eigenvalue weighted by Crippen LogP contribution is 2.05. The van der Waals surface area contributed by atoms with E-state index in [2.05, 4.69) is 15.9 Å². The molecule has 0 aliphatic rings. The third-order valence-corrected chi connectivity index (χ3v) is 2.27. The van der Waals surface area contributed by atoms with E-state index < -0.39 is 0 Å². The smallest absolute Gasteiger partial charge is 0.251 e. The first-order valence-electron chi connectivity index (χ1n) is 3.81. The van der Waals surface area contributed by atoms with Crippen LogP contribution in [0.25, 0.3) is 0 Å². The van der Waals surface area contributed by atoms with Gasteiger partial charge < -0.3 is 10.3 Å². The molecule has 1 rings (SSSR count). The van der Waals surface area contributed by atoms with E-state index >= 15 is 0 Å². The number of nitrogens with two attached hydrogens (primary N) is 1. The summed E-state index contributed by atoms with van der Waals surface area (Å²) in [7, 11) is 0. The van der Waals surface area contributed by atoms with Crippen LogP contribution in [-0.4, -0.2) is 11.1 Å². The molecule has 0 aromatic carbocycles. The average molecular weight is 231 g/mol. The monoisotopic (exact) mass is 230 g/mol. The first-order valence-corrected chi connectivity index (χ1v) is 4.60. The highest BCUT2D eigenvalue weighted by atomic mass is 79.9. The Kier molecular flexibility index (Phi) is 3.49. The zero-order chi connectivity index (χ0) is 8.97. The zero-order valence-corrected chi connectivity index (χ0v) is 8.25. The lowest BCUT2D eigenvalue weighted by atomic mass is 10.4. The molecule has 12 heavy (non-hydrogen) atoms. The zero-order valence-electron chi connectivity index (χ0n) is 6.66. The van der Waals surface area contributed by atoms with Gasteiger partial charge in [-0.2, -0.15) is 0 Å². The first kappa shape index (κ1) is 9.48. The minimum Gasteiger partial charge on any atom is -0.330 e. The maximum atomic E-state index is 11.2. The molecule has 0 spiro atoms. The van der Waals surface area contributed by atoms with Crippen molar-refractivity contribution in [3.8, 4) is 0 Å². The van der Waals surface area contributed by atoms with Crippen molar-refractivity contribution in [3.05, 3.63) is 33.2 Å². The first-order chi connectivity index (χ1) is 5.75. The number of aromatic nitrogens is 1. The van der Waals surface area contributed by atoms with Crippen molar-refractivity contribution in [1.29, 1.82) is 0 Å². The minimum absolute atomic E-state index is 0.0119. The normalized spacial score (nSPS) is 10.2. The van der Waals surface area contributed by atoms with E-state index in [9.17, 15) is 4.79 Å². The molecule has 0 saturated carbocycles. The van der Waals surface area contributed by atoms with Crippen LogP contribution in [0.1, 0.15) is 6.42 Å². The second-order valence-electron chi connectivity index (χ2n) is 2.48. The fraction of sp³-hybridized carbons (Fsp3) is 0.375. The van der Waals surface area contributed by atoms with Crippen LogP contribution in [0.15, 0.2) is 27.6 Å². The Morgan fingerprint density at radius 1 is 1.50 bits per heavy atom. The molecule has 0 saturated heterocycles. The van der Waals surface area contributed by atoms with Gasteiger partial charge in [-0.05, 0) is 35.0 Å². The topological polar surface area (TPSA) is 48.0 Å².